The molecule has 2 fully saturated rings. The van der Waals surface area contributed by atoms with Gasteiger partial charge in [0.2, 0.25) is 5.91 Å². The van der Waals surface area contributed by atoms with Crippen LogP contribution in [-0.2, 0) is 9.53 Å². The Morgan fingerprint density at radius 2 is 1.52 bits per heavy atom. The van der Waals surface area contributed by atoms with Crippen molar-refractivity contribution < 1.29 is 9.53 Å². The van der Waals surface area contributed by atoms with Crippen molar-refractivity contribution in [2.24, 2.45) is 5.10 Å². The summed E-state index contributed by atoms with van der Waals surface area (Å²) < 4.78 is 5.39. The molecular weight excluding hydrogens is 390 g/mol. The zero-order chi connectivity index (χ0) is 21.3. The van der Waals surface area contributed by atoms with Gasteiger partial charge in [0.25, 0.3) is 0 Å². The number of hydrogen-bond donors (Lipinski definition) is 1. The summed E-state index contributed by atoms with van der Waals surface area (Å²) in [6, 6.07) is 18.7. The fraction of sp³-hybridized carbons (Fsp3) is 0.417. The molecule has 0 saturated carbocycles. The number of piperazine rings is 1. The number of ether oxygens (including phenoxy) is 1. The van der Waals surface area contributed by atoms with E-state index >= 15 is 0 Å². The lowest BCUT2D eigenvalue weighted by Gasteiger charge is -2.36. The first kappa shape index (κ1) is 21.3. The van der Waals surface area contributed by atoms with Crippen LogP contribution in [0.2, 0.25) is 0 Å². The first-order valence-electron chi connectivity index (χ1n) is 11.0. The molecule has 1 N–H and O–H groups in total. The number of anilines is 2. The molecule has 2 heterocycles. The Kier molecular flexibility index (Phi) is 7.52. The van der Waals surface area contributed by atoms with E-state index in [-0.39, 0.29) is 5.91 Å². The topological polar surface area (TPSA) is 60.4 Å². The number of carbonyl (C=O) groups excluding carboxylic acids is 1. The average molecular weight is 422 g/mol. The zero-order valence-corrected chi connectivity index (χ0v) is 17.9. The first-order chi connectivity index (χ1) is 15.3. The summed E-state index contributed by atoms with van der Waals surface area (Å²) in [5.41, 5.74) is 6.08. The van der Waals surface area contributed by atoms with Gasteiger partial charge in [0, 0.05) is 63.6 Å². The van der Waals surface area contributed by atoms with Gasteiger partial charge in [-0.25, -0.2) is 5.43 Å². The number of benzene rings is 2. The Labute approximate surface area is 184 Å². The minimum Gasteiger partial charge on any atom is -0.378 e. The van der Waals surface area contributed by atoms with Gasteiger partial charge in [0.1, 0.15) is 0 Å². The highest BCUT2D eigenvalue weighted by Crippen LogP contribution is 2.16. The van der Waals surface area contributed by atoms with Gasteiger partial charge in [-0.15, -0.1) is 0 Å². The third-order valence-electron chi connectivity index (χ3n) is 5.82. The maximum Gasteiger partial charge on any atom is 0.241 e. The molecule has 0 aliphatic carbocycles. The molecule has 0 radical (unpaired) electrons. The normalized spacial score (nSPS) is 17.8. The summed E-state index contributed by atoms with van der Waals surface area (Å²) in [6.07, 6.45) is 2.15. The van der Waals surface area contributed by atoms with Gasteiger partial charge in [-0.1, -0.05) is 30.3 Å². The molecule has 31 heavy (non-hydrogen) atoms. The molecule has 2 aromatic rings. The van der Waals surface area contributed by atoms with E-state index in [9.17, 15) is 4.79 Å². The third-order valence-corrected chi connectivity index (χ3v) is 5.82. The second-order valence-corrected chi connectivity index (χ2v) is 7.90. The lowest BCUT2D eigenvalue weighted by molar-refractivity contribution is -0.121. The maximum atomic E-state index is 12.1. The third kappa shape index (κ3) is 6.29. The van der Waals surface area contributed by atoms with Crippen LogP contribution in [0.4, 0.5) is 11.4 Å². The van der Waals surface area contributed by atoms with E-state index in [2.05, 4.69) is 61.6 Å². The number of hydrazone groups is 1. The summed E-state index contributed by atoms with van der Waals surface area (Å²) >= 11 is 0. The molecule has 0 spiro atoms. The van der Waals surface area contributed by atoms with Crippen LogP contribution in [0.25, 0.3) is 0 Å². The van der Waals surface area contributed by atoms with Crippen LogP contribution in [-0.4, -0.2) is 76.0 Å². The van der Waals surface area contributed by atoms with Crippen molar-refractivity contribution in [1.82, 2.24) is 10.3 Å². The van der Waals surface area contributed by atoms with Crippen molar-refractivity contribution in [3.63, 3.8) is 0 Å². The van der Waals surface area contributed by atoms with Crippen molar-refractivity contribution >= 4 is 23.5 Å². The van der Waals surface area contributed by atoms with E-state index in [4.69, 9.17) is 4.74 Å². The molecule has 1 amide bonds. The van der Waals surface area contributed by atoms with Crippen LogP contribution in [0.15, 0.2) is 59.7 Å². The van der Waals surface area contributed by atoms with Crippen molar-refractivity contribution in [3.8, 4) is 0 Å². The molecule has 0 aromatic heterocycles. The lowest BCUT2D eigenvalue weighted by atomic mass is 10.2. The molecule has 0 atom stereocenters. The zero-order valence-electron chi connectivity index (χ0n) is 17.9. The maximum absolute atomic E-state index is 12.1. The molecule has 0 unspecified atom stereocenters. The van der Waals surface area contributed by atoms with E-state index in [1.807, 2.05) is 18.2 Å². The smallest absolute Gasteiger partial charge is 0.241 e. The Balaban J connectivity index is 1.15. The predicted octanol–water partition coefficient (Wildman–Crippen LogP) is 2.19. The van der Waals surface area contributed by atoms with E-state index in [1.165, 1.54) is 11.4 Å². The van der Waals surface area contributed by atoms with Crippen LogP contribution in [0, 0.1) is 0 Å². The summed E-state index contributed by atoms with van der Waals surface area (Å²) in [7, 11) is 0. The minimum absolute atomic E-state index is 0.0494. The highest BCUT2D eigenvalue weighted by atomic mass is 16.5. The largest absolute Gasteiger partial charge is 0.378 e. The summed E-state index contributed by atoms with van der Waals surface area (Å²) in [5.74, 6) is -0.0494. The van der Waals surface area contributed by atoms with Crippen LogP contribution < -0.4 is 15.2 Å². The minimum atomic E-state index is -0.0494. The number of nitrogens with one attached hydrogen (secondary N) is 1. The number of amides is 1. The number of rotatable bonds is 7. The van der Waals surface area contributed by atoms with Crippen LogP contribution >= 0.6 is 0 Å². The van der Waals surface area contributed by atoms with Crippen molar-refractivity contribution in [2.75, 3.05) is 68.8 Å². The van der Waals surface area contributed by atoms with Crippen molar-refractivity contribution in [3.05, 3.63) is 60.2 Å². The average Bonchev–Trinajstić information content (AvgIpc) is 2.85. The Morgan fingerprint density at radius 3 is 2.23 bits per heavy atom. The second kappa shape index (κ2) is 10.9. The number of para-hydroxylation sites is 1. The van der Waals surface area contributed by atoms with Gasteiger partial charge in [-0.2, -0.15) is 5.10 Å². The fourth-order valence-corrected chi connectivity index (χ4v) is 3.96. The van der Waals surface area contributed by atoms with E-state index in [1.54, 1.807) is 6.21 Å². The van der Waals surface area contributed by atoms with Crippen LogP contribution in [0.1, 0.15) is 12.0 Å². The second-order valence-electron chi connectivity index (χ2n) is 7.90. The Morgan fingerprint density at radius 1 is 0.871 bits per heavy atom. The van der Waals surface area contributed by atoms with Gasteiger partial charge in [0.05, 0.1) is 19.4 Å². The standard InChI is InChI=1S/C24H31N5O2/c30-24(10-11-27-12-14-28(15-13-27)22-4-2-1-3-5-22)26-25-20-21-6-8-23(9-7-21)29-16-18-31-19-17-29/h1-9,20H,10-19H2,(H,26,30)/b25-20+. The van der Waals surface area contributed by atoms with Gasteiger partial charge in [0.15, 0.2) is 0 Å². The highest BCUT2D eigenvalue weighted by molar-refractivity contribution is 5.83. The molecule has 4 rings (SSSR count). The van der Waals surface area contributed by atoms with Gasteiger partial charge in [-0.05, 0) is 29.8 Å². The molecule has 7 nitrogen and oxygen atoms in total. The Hall–Kier alpha value is -2.90. The van der Waals surface area contributed by atoms with E-state index in [0.717, 1.165) is 64.6 Å². The molecule has 7 heteroatoms. The summed E-state index contributed by atoms with van der Waals surface area (Å²) in [6.45, 7) is 8.08. The molecule has 2 aliphatic heterocycles. The van der Waals surface area contributed by atoms with Crippen molar-refractivity contribution in [1.29, 1.82) is 0 Å². The number of nitrogens with zero attached hydrogens (tertiary/aromatic N) is 4. The molecule has 2 aliphatic rings. The summed E-state index contributed by atoms with van der Waals surface area (Å²) in [5, 5.41) is 4.11. The van der Waals surface area contributed by atoms with E-state index in [0.29, 0.717) is 6.42 Å². The SMILES string of the molecule is O=C(CCN1CCN(c2ccccc2)CC1)N/N=C/c1ccc(N2CCOCC2)cc1. The van der Waals surface area contributed by atoms with Crippen molar-refractivity contribution in [2.45, 2.75) is 6.42 Å². The number of hydrogen-bond acceptors (Lipinski definition) is 6. The van der Waals surface area contributed by atoms with Gasteiger partial charge in [-0.3, -0.25) is 9.69 Å². The number of morpholine rings is 1. The van der Waals surface area contributed by atoms with Crippen LogP contribution in [0.5, 0.6) is 0 Å². The first-order valence-corrected chi connectivity index (χ1v) is 11.0. The summed E-state index contributed by atoms with van der Waals surface area (Å²) in [4.78, 5) is 19.2. The quantitative estimate of drug-likeness (QED) is 0.549. The fourth-order valence-electron chi connectivity index (χ4n) is 3.96. The molecule has 0 bridgehead atoms. The van der Waals surface area contributed by atoms with E-state index < -0.39 is 0 Å². The monoisotopic (exact) mass is 421 g/mol. The Bertz CT molecular complexity index is 842. The van der Waals surface area contributed by atoms with Gasteiger partial charge >= 0.3 is 0 Å². The lowest BCUT2D eigenvalue weighted by Crippen LogP contribution is -2.47. The molecular formula is C24H31N5O2. The highest BCUT2D eigenvalue weighted by Gasteiger charge is 2.17. The molecule has 2 saturated heterocycles. The predicted molar refractivity (Wildman–Crippen MR) is 125 cm³/mol. The van der Waals surface area contributed by atoms with Gasteiger partial charge < -0.3 is 14.5 Å². The molecule has 164 valence electrons. The molecule has 2 aromatic carbocycles. The number of carbonyl (C=O) groups is 1. The van der Waals surface area contributed by atoms with Crippen LogP contribution in [0.3, 0.4) is 0 Å².